The molecule has 0 aromatic carbocycles. The largest absolute Gasteiger partial charge is 0.353 e. The fraction of sp³-hybridized carbons (Fsp3) is 0.636. The monoisotopic (exact) mass is 197 g/mol. The first-order valence-corrected chi connectivity index (χ1v) is 5.13. The molecule has 0 rings (SSSR count). The molecule has 0 aromatic heterocycles. The maximum absolute atomic E-state index is 11.0. The van der Waals surface area contributed by atoms with Gasteiger partial charge in [-0.05, 0) is 19.4 Å². The lowest BCUT2D eigenvalue weighted by molar-refractivity contribution is -0.117. The summed E-state index contributed by atoms with van der Waals surface area (Å²) in [6.45, 7) is 4.26. The quantitative estimate of drug-likeness (QED) is 0.500. The second-order valence-electron chi connectivity index (χ2n) is 3.30. The Labute approximate surface area is 85.6 Å². The number of hydrogen-bond donors (Lipinski definition) is 1. The third kappa shape index (κ3) is 8.97. The zero-order valence-corrected chi connectivity index (χ0v) is 9.01. The number of nitrogens with one attached hydrogen (secondary N) is 1. The van der Waals surface area contributed by atoms with E-state index in [1.54, 1.807) is 0 Å². The van der Waals surface area contributed by atoms with Crippen LogP contribution >= 0.6 is 0 Å². The van der Waals surface area contributed by atoms with E-state index in [1.807, 2.05) is 0 Å². The smallest absolute Gasteiger partial charge is 0.244 e. The molecule has 0 radical (unpaired) electrons. The minimum Gasteiger partial charge on any atom is -0.353 e. The summed E-state index contributed by atoms with van der Waals surface area (Å²) in [4.78, 5) is 21.5. The second kappa shape index (κ2) is 8.48. The lowest BCUT2D eigenvalue weighted by atomic mass is 10.2. The van der Waals surface area contributed by atoms with Gasteiger partial charge in [0.05, 0.1) is 0 Å². The molecule has 0 unspecified atom stereocenters. The summed E-state index contributed by atoms with van der Waals surface area (Å²) in [6, 6.07) is 0. The summed E-state index contributed by atoms with van der Waals surface area (Å²) in [6.07, 6.45) is 7.11. The lowest BCUT2D eigenvalue weighted by Crippen LogP contribution is -2.22. The normalized spacial score (nSPS) is 10.4. The number of amides is 1. The fourth-order valence-corrected chi connectivity index (χ4v) is 1.02. The predicted octanol–water partition coefficient (Wildman–Crippen LogP) is 1.83. The van der Waals surface area contributed by atoms with Crippen LogP contribution < -0.4 is 5.32 Å². The van der Waals surface area contributed by atoms with Crippen LogP contribution in [0.25, 0.3) is 0 Å². The van der Waals surface area contributed by atoms with Crippen LogP contribution in [0.1, 0.15) is 39.5 Å². The van der Waals surface area contributed by atoms with E-state index in [0.717, 1.165) is 12.8 Å². The molecule has 80 valence electrons. The highest BCUT2D eigenvalue weighted by Gasteiger charge is 1.94. The van der Waals surface area contributed by atoms with Gasteiger partial charge in [-0.3, -0.25) is 9.59 Å². The van der Waals surface area contributed by atoms with Crippen LogP contribution in [-0.4, -0.2) is 18.2 Å². The Bertz CT molecular complexity index is 209. The number of carbonyl (C=O) groups is 2. The molecule has 1 amide bonds. The summed E-state index contributed by atoms with van der Waals surface area (Å²) < 4.78 is 0. The molecule has 0 atom stereocenters. The molecule has 0 saturated carbocycles. The van der Waals surface area contributed by atoms with Crippen molar-refractivity contribution in [2.45, 2.75) is 39.5 Å². The van der Waals surface area contributed by atoms with Gasteiger partial charge >= 0.3 is 0 Å². The van der Waals surface area contributed by atoms with Gasteiger partial charge in [-0.25, -0.2) is 0 Å². The van der Waals surface area contributed by atoms with Crippen LogP contribution in [0.3, 0.4) is 0 Å². The van der Waals surface area contributed by atoms with Gasteiger partial charge in [0.1, 0.15) is 0 Å². The van der Waals surface area contributed by atoms with Crippen molar-refractivity contribution in [3.05, 3.63) is 12.2 Å². The minimum atomic E-state index is -0.184. The number of ketones is 1. The summed E-state index contributed by atoms with van der Waals surface area (Å²) in [5.74, 6) is -0.289. The summed E-state index contributed by atoms with van der Waals surface area (Å²) >= 11 is 0. The van der Waals surface area contributed by atoms with Crippen LogP contribution in [0.15, 0.2) is 12.2 Å². The maximum Gasteiger partial charge on any atom is 0.244 e. The van der Waals surface area contributed by atoms with Crippen LogP contribution in [0.4, 0.5) is 0 Å². The van der Waals surface area contributed by atoms with E-state index in [0.29, 0.717) is 6.54 Å². The summed E-state index contributed by atoms with van der Waals surface area (Å²) in [5, 5.41) is 2.72. The number of hydrogen-bond acceptors (Lipinski definition) is 2. The average molecular weight is 197 g/mol. The van der Waals surface area contributed by atoms with Gasteiger partial charge in [0, 0.05) is 12.6 Å². The average Bonchev–Trinajstić information content (AvgIpc) is 2.14. The van der Waals surface area contributed by atoms with Crippen LogP contribution in [0, 0.1) is 0 Å². The maximum atomic E-state index is 11.0. The van der Waals surface area contributed by atoms with Crippen molar-refractivity contribution in [3.63, 3.8) is 0 Å². The molecule has 0 fully saturated rings. The molecule has 0 saturated heterocycles. The van der Waals surface area contributed by atoms with E-state index < -0.39 is 0 Å². The molecule has 0 aliphatic carbocycles. The number of allylic oxidation sites excluding steroid dienone is 1. The molecule has 3 heteroatoms. The molecule has 14 heavy (non-hydrogen) atoms. The van der Waals surface area contributed by atoms with Crippen molar-refractivity contribution in [3.8, 4) is 0 Å². The first-order chi connectivity index (χ1) is 6.66. The third-order valence-corrected chi connectivity index (χ3v) is 1.80. The summed E-state index contributed by atoms with van der Waals surface area (Å²) in [7, 11) is 0. The van der Waals surface area contributed by atoms with Crippen molar-refractivity contribution < 1.29 is 9.59 Å². The molecule has 0 spiro atoms. The topological polar surface area (TPSA) is 46.2 Å². The van der Waals surface area contributed by atoms with Crippen molar-refractivity contribution in [1.29, 1.82) is 0 Å². The van der Waals surface area contributed by atoms with Gasteiger partial charge in [-0.2, -0.15) is 0 Å². The molecule has 0 aliphatic heterocycles. The van der Waals surface area contributed by atoms with Crippen molar-refractivity contribution in [2.75, 3.05) is 6.54 Å². The van der Waals surface area contributed by atoms with E-state index in [-0.39, 0.29) is 11.7 Å². The van der Waals surface area contributed by atoms with Gasteiger partial charge in [-0.1, -0.05) is 26.2 Å². The SMILES string of the molecule is CCCCCCNC(=O)C=CC(C)=O. The van der Waals surface area contributed by atoms with Crippen LogP contribution in [-0.2, 0) is 9.59 Å². The highest BCUT2D eigenvalue weighted by molar-refractivity contribution is 5.96. The van der Waals surface area contributed by atoms with E-state index >= 15 is 0 Å². The highest BCUT2D eigenvalue weighted by atomic mass is 16.1. The molecular weight excluding hydrogens is 178 g/mol. The molecule has 0 aliphatic rings. The molecule has 3 nitrogen and oxygen atoms in total. The minimum absolute atomic E-state index is 0.105. The van der Waals surface area contributed by atoms with E-state index in [2.05, 4.69) is 12.2 Å². The first kappa shape index (κ1) is 12.9. The first-order valence-electron chi connectivity index (χ1n) is 5.13. The Morgan fingerprint density at radius 2 is 1.86 bits per heavy atom. The predicted molar refractivity (Wildman–Crippen MR) is 57.0 cm³/mol. The third-order valence-electron chi connectivity index (χ3n) is 1.80. The van der Waals surface area contributed by atoms with Gasteiger partial charge in [-0.15, -0.1) is 0 Å². The highest BCUT2D eigenvalue weighted by Crippen LogP contribution is 1.96. The Morgan fingerprint density at radius 3 is 2.43 bits per heavy atom. The van der Waals surface area contributed by atoms with Crippen LogP contribution in [0.5, 0.6) is 0 Å². The molecule has 0 aromatic rings. The van der Waals surface area contributed by atoms with Crippen LogP contribution in [0.2, 0.25) is 0 Å². The zero-order chi connectivity index (χ0) is 10.8. The lowest BCUT2D eigenvalue weighted by Gasteiger charge is -2.00. The molecule has 1 N–H and O–H groups in total. The van der Waals surface area contributed by atoms with Crippen molar-refractivity contribution in [2.24, 2.45) is 0 Å². The Hall–Kier alpha value is -1.12. The number of carbonyl (C=O) groups excluding carboxylic acids is 2. The van der Waals surface area contributed by atoms with Gasteiger partial charge in [0.25, 0.3) is 0 Å². The number of unbranched alkanes of at least 4 members (excludes halogenated alkanes) is 3. The Morgan fingerprint density at radius 1 is 1.14 bits per heavy atom. The standard InChI is InChI=1S/C11H19NO2/c1-3-4-5-6-9-12-11(14)8-7-10(2)13/h7-8H,3-6,9H2,1-2H3,(H,12,14). The van der Waals surface area contributed by atoms with Crippen molar-refractivity contribution in [1.82, 2.24) is 5.32 Å². The van der Waals surface area contributed by atoms with E-state index in [9.17, 15) is 9.59 Å². The Balaban J connectivity index is 3.40. The second-order valence-corrected chi connectivity index (χ2v) is 3.30. The van der Waals surface area contributed by atoms with Gasteiger partial charge < -0.3 is 5.32 Å². The molecule has 0 heterocycles. The molecule has 0 bridgehead atoms. The number of rotatable bonds is 7. The van der Waals surface area contributed by atoms with Gasteiger partial charge in [0.15, 0.2) is 5.78 Å². The summed E-state index contributed by atoms with van der Waals surface area (Å²) in [5.41, 5.74) is 0. The molecular formula is C11H19NO2. The van der Waals surface area contributed by atoms with Crippen molar-refractivity contribution >= 4 is 11.7 Å². The fourth-order valence-electron chi connectivity index (χ4n) is 1.02. The Kier molecular flexibility index (Phi) is 7.80. The zero-order valence-electron chi connectivity index (χ0n) is 9.01. The van der Waals surface area contributed by atoms with E-state index in [4.69, 9.17) is 0 Å². The van der Waals surface area contributed by atoms with Gasteiger partial charge in [0.2, 0.25) is 5.91 Å². The van der Waals surface area contributed by atoms with E-state index in [1.165, 1.54) is 31.9 Å².